The summed E-state index contributed by atoms with van der Waals surface area (Å²) >= 11 is 0. The highest BCUT2D eigenvalue weighted by molar-refractivity contribution is 5.85. The summed E-state index contributed by atoms with van der Waals surface area (Å²) in [5, 5.41) is 4.35. The number of hydrogen-bond donors (Lipinski definition) is 2. The third-order valence-electron chi connectivity index (χ3n) is 8.34. The second-order valence-corrected chi connectivity index (χ2v) is 11.1. The van der Waals surface area contributed by atoms with Crippen molar-refractivity contribution in [2.45, 2.75) is 64.3 Å². The Kier molecular flexibility index (Phi) is 7.79. The number of nitrogens with zero attached hydrogens (tertiary/aromatic N) is 3. The zero-order chi connectivity index (χ0) is 26.7. The Morgan fingerprint density at radius 3 is 2.87 bits per heavy atom. The number of ether oxygens (including phenoxy) is 1. The summed E-state index contributed by atoms with van der Waals surface area (Å²) in [6, 6.07) is 9.79. The lowest BCUT2D eigenvalue weighted by molar-refractivity contribution is -0.124. The first kappa shape index (κ1) is 26.4. The lowest BCUT2D eigenvalue weighted by Gasteiger charge is -2.18. The summed E-state index contributed by atoms with van der Waals surface area (Å²) < 4.78 is 5.60. The molecule has 1 saturated heterocycles. The van der Waals surface area contributed by atoms with Gasteiger partial charge in [0.25, 0.3) is 0 Å². The number of rotatable bonds is 12. The standard InChI is InChI=1S/C30H39N5O3/c1-4-21(36)11-6-5-7-13-25(33-28(37)23-17-30(23)14-15-35(2)19-30)27-31-18-26(32-27)22-16-20-10-8-9-12-24(20)34-29(22)38-3/h8-10,12,16,18,23,25H,4-7,11,13-15,17,19H2,1-3H3,(H,31,32)(H,33,37)/t23-,25-,30+/m0/s1. The SMILES string of the molecule is CCC(=O)CCCCC[C@H](NC(=O)[C@@H]1C[C@@]12CCN(C)C2)c1ncc(-c2cc3ccccc3nc2OC)[nH]1. The minimum atomic E-state index is -0.214. The Balaban J connectivity index is 1.33. The molecule has 1 aromatic carbocycles. The van der Waals surface area contributed by atoms with E-state index in [1.54, 1.807) is 13.3 Å². The van der Waals surface area contributed by atoms with Crippen molar-refractivity contribution >= 4 is 22.6 Å². The predicted octanol–water partition coefficient (Wildman–Crippen LogP) is 5.06. The fourth-order valence-corrected chi connectivity index (χ4v) is 5.95. The third-order valence-corrected chi connectivity index (χ3v) is 8.34. The Morgan fingerprint density at radius 1 is 1.26 bits per heavy atom. The lowest BCUT2D eigenvalue weighted by Crippen LogP contribution is -2.32. The Labute approximate surface area is 224 Å². The van der Waals surface area contributed by atoms with Crippen molar-refractivity contribution in [2.24, 2.45) is 11.3 Å². The quantitative estimate of drug-likeness (QED) is 0.326. The highest BCUT2D eigenvalue weighted by Crippen LogP contribution is 2.58. The fourth-order valence-electron chi connectivity index (χ4n) is 5.95. The molecule has 1 spiro atoms. The van der Waals surface area contributed by atoms with Gasteiger partial charge in [-0.15, -0.1) is 0 Å². The van der Waals surface area contributed by atoms with E-state index in [9.17, 15) is 9.59 Å². The minimum absolute atomic E-state index is 0.0799. The molecule has 2 aromatic heterocycles. The van der Waals surface area contributed by atoms with Crippen molar-refractivity contribution in [1.29, 1.82) is 0 Å². The average molecular weight is 518 g/mol. The fraction of sp³-hybridized carbons (Fsp3) is 0.533. The van der Waals surface area contributed by atoms with Crippen LogP contribution in [0.5, 0.6) is 5.88 Å². The summed E-state index contributed by atoms with van der Waals surface area (Å²) in [5.41, 5.74) is 2.67. The number of benzene rings is 1. The number of fused-ring (bicyclic) bond motifs is 1. The number of aromatic amines is 1. The number of amides is 1. The second-order valence-electron chi connectivity index (χ2n) is 11.1. The van der Waals surface area contributed by atoms with Gasteiger partial charge < -0.3 is 19.9 Å². The van der Waals surface area contributed by atoms with Gasteiger partial charge in [0.15, 0.2) is 0 Å². The highest BCUT2D eigenvalue weighted by Gasteiger charge is 2.60. The third kappa shape index (κ3) is 5.60. The number of imidazole rings is 1. The zero-order valence-electron chi connectivity index (χ0n) is 22.8. The van der Waals surface area contributed by atoms with Crippen LogP contribution in [0.25, 0.3) is 22.2 Å². The molecule has 3 atom stereocenters. The number of hydrogen-bond acceptors (Lipinski definition) is 6. The molecular weight excluding hydrogens is 478 g/mol. The van der Waals surface area contributed by atoms with Crippen molar-refractivity contribution in [3.8, 4) is 17.1 Å². The summed E-state index contributed by atoms with van der Waals surface area (Å²) in [5.74, 6) is 1.80. The van der Waals surface area contributed by atoms with E-state index in [-0.39, 0.29) is 23.3 Å². The molecule has 3 aromatic rings. The van der Waals surface area contributed by atoms with Gasteiger partial charge in [0, 0.05) is 30.7 Å². The van der Waals surface area contributed by atoms with Crippen LogP contribution in [-0.2, 0) is 9.59 Å². The number of likely N-dealkylation sites (tertiary alicyclic amines) is 1. The van der Waals surface area contributed by atoms with Crippen LogP contribution in [0.15, 0.2) is 36.5 Å². The molecule has 3 heterocycles. The molecule has 1 aliphatic carbocycles. The smallest absolute Gasteiger partial charge is 0.224 e. The van der Waals surface area contributed by atoms with E-state index in [1.807, 2.05) is 31.2 Å². The largest absolute Gasteiger partial charge is 0.480 e. The normalized spacial score (nSPS) is 21.6. The summed E-state index contributed by atoms with van der Waals surface area (Å²) in [7, 11) is 3.75. The molecule has 1 saturated carbocycles. The van der Waals surface area contributed by atoms with Crippen LogP contribution in [-0.4, -0.2) is 58.8 Å². The van der Waals surface area contributed by atoms with E-state index >= 15 is 0 Å². The van der Waals surface area contributed by atoms with Gasteiger partial charge in [-0.1, -0.05) is 38.0 Å². The molecule has 0 bridgehead atoms. The molecule has 2 N–H and O–H groups in total. The molecule has 2 aliphatic rings. The van der Waals surface area contributed by atoms with Gasteiger partial charge in [-0.25, -0.2) is 9.97 Å². The number of pyridine rings is 1. The number of ketones is 1. The molecule has 8 nitrogen and oxygen atoms in total. The number of nitrogens with one attached hydrogen (secondary N) is 2. The molecule has 1 amide bonds. The number of carbonyl (C=O) groups excluding carboxylic acids is 2. The van der Waals surface area contributed by atoms with Crippen LogP contribution in [0.1, 0.15) is 70.2 Å². The number of Topliss-reactive ketones (excluding diaryl/α,β-unsaturated/α-hetero) is 1. The van der Waals surface area contributed by atoms with Crippen molar-refractivity contribution in [1.82, 2.24) is 25.2 Å². The number of methoxy groups -OCH3 is 1. The van der Waals surface area contributed by atoms with Gasteiger partial charge in [0.2, 0.25) is 11.8 Å². The Bertz CT molecular complexity index is 1300. The van der Waals surface area contributed by atoms with Gasteiger partial charge in [-0.2, -0.15) is 0 Å². The summed E-state index contributed by atoms with van der Waals surface area (Å²) in [4.78, 5) is 40.2. The van der Waals surface area contributed by atoms with E-state index in [4.69, 9.17) is 9.72 Å². The predicted molar refractivity (Wildman–Crippen MR) is 148 cm³/mol. The van der Waals surface area contributed by atoms with Crippen LogP contribution >= 0.6 is 0 Å². The molecule has 38 heavy (non-hydrogen) atoms. The highest BCUT2D eigenvalue weighted by atomic mass is 16.5. The summed E-state index contributed by atoms with van der Waals surface area (Å²) in [6.07, 6.45) is 8.61. The van der Waals surface area contributed by atoms with Crippen LogP contribution in [0.3, 0.4) is 0 Å². The van der Waals surface area contributed by atoms with E-state index < -0.39 is 0 Å². The van der Waals surface area contributed by atoms with Gasteiger partial charge in [0.05, 0.1) is 36.1 Å². The molecule has 0 unspecified atom stereocenters. The maximum absolute atomic E-state index is 13.4. The maximum atomic E-state index is 13.4. The number of unbranched alkanes of at least 4 members (excludes halogenated alkanes) is 2. The Hall–Kier alpha value is -3.26. The zero-order valence-corrected chi connectivity index (χ0v) is 22.8. The number of aromatic nitrogens is 3. The molecule has 0 radical (unpaired) electrons. The number of H-pyrrole nitrogens is 1. The maximum Gasteiger partial charge on any atom is 0.224 e. The first-order chi connectivity index (χ1) is 18.4. The van der Waals surface area contributed by atoms with E-state index in [1.165, 1.54) is 0 Å². The van der Waals surface area contributed by atoms with Crippen LogP contribution in [0.2, 0.25) is 0 Å². The molecular formula is C30H39N5O3. The van der Waals surface area contributed by atoms with Gasteiger partial charge in [0.1, 0.15) is 11.6 Å². The van der Waals surface area contributed by atoms with Crippen molar-refractivity contribution < 1.29 is 14.3 Å². The topological polar surface area (TPSA) is 100 Å². The van der Waals surface area contributed by atoms with E-state index in [0.717, 1.165) is 79.6 Å². The van der Waals surface area contributed by atoms with Crippen molar-refractivity contribution in [3.05, 3.63) is 42.4 Å². The first-order valence-corrected chi connectivity index (χ1v) is 13.9. The lowest BCUT2D eigenvalue weighted by atomic mass is 10.0. The minimum Gasteiger partial charge on any atom is -0.480 e. The van der Waals surface area contributed by atoms with Gasteiger partial charge in [-0.05, 0) is 56.8 Å². The summed E-state index contributed by atoms with van der Waals surface area (Å²) in [6.45, 7) is 3.98. The van der Waals surface area contributed by atoms with Gasteiger partial charge in [-0.3, -0.25) is 9.59 Å². The second kappa shape index (κ2) is 11.2. The number of para-hydroxylation sites is 1. The van der Waals surface area contributed by atoms with E-state index in [0.29, 0.717) is 24.5 Å². The molecule has 8 heteroatoms. The number of carbonyl (C=O) groups is 2. The van der Waals surface area contributed by atoms with Crippen LogP contribution in [0.4, 0.5) is 0 Å². The van der Waals surface area contributed by atoms with Crippen molar-refractivity contribution in [2.75, 3.05) is 27.2 Å². The van der Waals surface area contributed by atoms with Crippen molar-refractivity contribution in [3.63, 3.8) is 0 Å². The van der Waals surface area contributed by atoms with Crippen LogP contribution in [0, 0.1) is 11.3 Å². The molecule has 5 rings (SSSR count). The average Bonchev–Trinajstić information content (AvgIpc) is 3.22. The molecule has 202 valence electrons. The van der Waals surface area contributed by atoms with Crippen LogP contribution < -0.4 is 10.1 Å². The molecule has 1 aliphatic heterocycles. The first-order valence-electron chi connectivity index (χ1n) is 13.9. The Morgan fingerprint density at radius 2 is 2.11 bits per heavy atom. The van der Waals surface area contributed by atoms with E-state index in [2.05, 4.69) is 33.3 Å². The monoisotopic (exact) mass is 517 g/mol. The molecule has 2 fully saturated rings. The van der Waals surface area contributed by atoms with Gasteiger partial charge >= 0.3 is 0 Å².